The van der Waals surface area contributed by atoms with Crippen LogP contribution in [0, 0.1) is 0 Å². The lowest BCUT2D eigenvalue weighted by Crippen LogP contribution is -2.35. The van der Waals surface area contributed by atoms with Crippen LogP contribution in [0.15, 0.2) is 28.7 Å². The van der Waals surface area contributed by atoms with Gasteiger partial charge in [-0.3, -0.25) is 9.69 Å². The highest BCUT2D eigenvalue weighted by Gasteiger charge is 2.10. The van der Waals surface area contributed by atoms with Crippen molar-refractivity contribution in [2.45, 2.75) is 19.9 Å². The average Bonchev–Trinajstić information content (AvgIpc) is 2.32. The van der Waals surface area contributed by atoms with Gasteiger partial charge in [-0.1, -0.05) is 41.1 Å². The molecule has 0 aliphatic heterocycles. The number of benzene rings is 1. The average molecular weight is 299 g/mol. The predicted molar refractivity (Wildman–Crippen MR) is 73.8 cm³/mol. The fourth-order valence-corrected chi connectivity index (χ4v) is 2.09. The van der Waals surface area contributed by atoms with Crippen molar-refractivity contribution in [3.8, 4) is 0 Å². The van der Waals surface area contributed by atoms with E-state index in [9.17, 15) is 4.79 Å². The summed E-state index contributed by atoms with van der Waals surface area (Å²) in [5.74, 6) is 0.0607. The zero-order valence-corrected chi connectivity index (χ0v) is 12.0. The lowest BCUT2D eigenvalue weighted by molar-refractivity contribution is -0.121. The number of halogens is 1. The molecule has 0 radical (unpaired) electrons. The number of hydrogen-bond donors (Lipinski definition) is 1. The molecule has 0 aliphatic rings. The van der Waals surface area contributed by atoms with Crippen LogP contribution in [0.3, 0.4) is 0 Å². The first kappa shape index (κ1) is 14.2. The van der Waals surface area contributed by atoms with E-state index in [1.54, 1.807) is 7.05 Å². The molecule has 3 nitrogen and oxygen atoms in total. The molecule has 1 aromatic rings. The molecule has 0 aromatic heterocycles. The lowest BCUT2D eigenvalue weighted by atomic mass is 10.2. The van der Waals surface area contributed by atoms with E-state index < -0.39 is 0 Å². The number of carbonyl (C=O) groups excluding carboxylic acids is 1. The summed E-state index contributed by atoms with van der Waals surface area (Å²) in [5, 5.41) is 2.66. The molecule has 1 amide bonds. The van der Waals surface area contributed by atoms with E-state index in [2.05, 4.69) is 39.1 Å². The third-order valence-electron chi connectivity index (χ3n) is 2.54. The number of hydrogen-bond acceptors (Lipinski definition) is 2. The predicted octanol–water partition coefficient (Wildman–Crippen LogP) is 2.41. The summed E-state index contributed by atoms with van der Waals surface area (Å²) >= 11 is 3.53. The van der Waals surface area contributed by atoms with Crippen LogP contribution in [0.5, 0.6) is 0 Å². The second-order valence-corrected chi connectivity index (χ2v) is 4.83. The van der Waals surface area contributed by atoms with Gasteiger partial charge in [0, 0.05) is 18.1 Å². The van der Waals surface area contributed by atoms with Gasteiger partial charge in [0.1, 0.15) is 0 Å². The first-order chi connectivity index (χ1) is 8.17. The Balaban J connectivity index is 2.66. The summed E-state index contributed by atoms with van der Waals surface area (Å²) < 4.78 is 1.10. The van der Waals surface area contributed by atoms with E-state index in [-0.39, 0.29) is 5.91 Å². The van der Waals surface area contributed by atoms with Gasteiger partial charge in [0.05, 0.1) is 6.54 Å². The highest BCUT2D eigenvalue weighted by molar-refractivity contribution is 9.10. The van der Waals surface area contributed by atoms with Gasteiger partial charge in [0.15, 0.2) is 0 Å². The van der Waals surface area contributed by atoms with E-state index in [1.165, 1.54) is 5.56 Å². The molecule has 0 fully saturated rings. The summed E-state index contributed by atoms with van der Waals surface area (Å²) in [7, 11) is 1.67. The molecule has 0 heterocycles. The molecule has 1 rings (SSSR count). The van der Waals surface area contributed by atoms with Crippen molar-refractivity contribution >= 4 is 21.8 Å². The molecule has 0 atom stereocenters. The maximum absolute atomic E-state index is 11.4. The van der Waals surface area contributed by atoms with Gasteiger partial charge < -0.3 is 5.32 Å². The van der Waals surface area contributed by atoms with Gasteiger partial charge >= 0.3 is 0 Å². The van der Waals surface area contributed by atoms with E-state index in [4.69, 9.17) is 0 Å². The van der Waals surface area contributed by atoms with E-state index in [0.717, 1.165) is 24.0 Å². The summed E-state index contributed by atoms with van der Waals surface area (Å²) in [6.45, 7) is 4.29. The zero-order chi connectivity index (χ0) is 12.7. The van der Waals surface area contributed by atoms with Crippen LogP contribution in [0.2, 0.25) is 0 Å². The van der Waals surface area contributed by atoms with Crippen molar-refractivity contribution in [2.75, 3.05) is 20.1 Å². The van der Waals surface area contributed by atoms with E-state index >= 15 is 0 Å². The molecule has 1 aromatic carbocycles. The number of nitrogens with zero attached hydrogens (tertiary/aromatic N) is 1. The molecular weight excluding hydrogens is 280 g/mol. The molecule has 4 heteroatoms. The zero-order valence-electron chi connectivity index (χ0n) is 10.4. The standard InChI is InChI=1S/C13H19BrN2O/c1-3-8-16(10-13(17)15-2)9-11-6-4-5-7-12(11)14/h4-7H,3,8-10H2,1-2H3,(H,15,17). The van der Waals surface area contributed by atoms with Crippen LogP contribution < -0.4 is 5.32 Å². The molecule has 94 valence electrons. The van der Waals surface area contributed by atoms with Crippen molar-refractivity contribution in [1.82, 2.24) is 10.2 Å². The van der Waals surface area contributed by atoms with Gasteiger partial charge in [-0.25, -0.2) is 0 Å². The highest BCUT2D eigenvalue weighted by Crippen LogP contribution is 2.17. The van der Waals surface area contributed by atoms with Crippen molar-refractivity contribution in [2.24, 2.45) is 0 Å². The first-order valence-electron chi connectivity index (χ1n) is 5.83. The Bertz CT molecular complexity index is 368. The summed E-state index contributed by atoms with van der Waals surface area (Å²) in [6, 6.07) is 8.12. The number of carbonyl (C=O) groups is 1. The van der Waals surface area contributed by atoms with Crippen molar-refractivity contribution in [3.05, 3.63) is 34.3 Å². The first-order valence-corrected chi connectivity index (χ1v) is 6.63. The van der Waals surface area contributed by atoms with Crippen molar-refractivity contribution < 1.29 is 4.79 Å². The largest absolute Gasteiger partial charge is 0.358 e. The van der Waals surface area contributed by atoms with Gasteiger partial charge in [0.25, 0.3) is 0 Å². The molecule has 1 N–H and O–H groups in total. The monoisotopic (exact) mass is 298 g/mol. The van der Waals surface area contributed by atoms with Crippen molar-refractivity contribution in [1.29, 1.82) is 0 Å². The second-order valence-electron chi connectivity index (χ2n) is 3.98. The number of rotatable bonds is 6. The number of nitrogens with one attached hydrogen (secondary N) is 1. The fraction of sp³-hybridized carbons (Fsp3) is 0.462. The van der Waals surface area contributed by atoms with Gasteiger partial charge in [-0.2, -0.15) is 0 Å². The van der Waals surface area contributed by atoms with E-state index in [1.807, 2.05) is 18.2 Å². The topological polar surface area (TPSA) is 32.3 Å². The van der Waals surface area contributed by atoms with Crippen LogP contribution >= 0.6 is 15.9 Å². The maximum Gasteiger partial charge on any atom is 0.233 e. The molecule has 0 aliphatic carbocycles. The minimum atomic E-state index is 0.0607. The second kappa shape index (κ2) is 7.45. The molecule has 0 bridgehead atoms. The van der Waals surface area contributed by atoms with Gasteiger partial charge in [0.2, 0.25) is 5.91 Å². The Morgan fingerprint density at radius 1 is 1.41 bits per heavy atom. The third kappa shape index (κ3) is 4.88. The minimum absolute atomic E-state index is 0.0607. The molecule has 17 heavy (non-hydrogen) atoms. The number of amides is 1. The number of likely N-dealkylation sites (N-methyl/N-ethyl adjacent to an activating group) is 1. The van der Waals surface area contributed by atoms with E-state index in [0.29, 0.717) is 6.54 Å². The molecule has 0 spiro atoms. The normalized spacial score (nSPS) is 10.6. The lowest BCUT2D eigenvalue weighted by Gasteiger charge is -2.21. The third-order valence-corrected chi connectivity index (χ3v) is 3.31. The van der Waals surface area contributed by atoms with Gasteiger partial charge in [-0.15, -0.1) is 0 Å². The minimum Gasteiger partial charge on any atom is -0.358 e. The van der Waals surface area contributed by atoms with Crippen LogP contribution in [-0.2, 0) is 11.3 Å². The highest BCUT2D eigenvalue weighted by atomic mass is 79.9. The SMILES string of the molecule is CCCN(CC(=O)NC)Cc1ccccc1Br. The maximum atomic E-state index is 11.4. The summed E-state index contributed by atoms with van der Waals surface area (Å²) in [6.07, 6.45) is 1.04. The van der Waals surface area contributed by atoms with Crippen LogP contribution in [0.1, 0.15) is 18.9 Å². The van der Waals surface area contributed by atoms with Crippen LogP contribution in [-0.4, -0.2) is 30.9 Å². The summed E-state index contributed by atoms with van der Waals surface area (Å²) in [5.41, 5.74) is 1.21. The smallest absolute Gasteiger partial charge is 0.233 e. The van der Waals surface area contributed by atoms with Crippen LogP contribution in [0.4, 0.5) is 0 Å². The Hall–Kier alpha value is -0.870. The molecule has 0 saturated carbocycles. The van der Waals surface area contributed by atoms with Gasteiger partial charge in [-0.05, 0) is 24.6 Å². The Morgan fingerprint density at radius 3 is 2.71 bits per heavy atom. The quantitative estimate of drug-likeness (QED) is 0.875. The van der Waals surface area contributed by atoms with Crippen molar-refractivity contribution in [3.63, 3.8) is 0 Å². The molecule has 0 unspecified atom stereocenters. The molecular formula is C13H19BrN2O. The Morgan fingerprint density at radius 2 is 2.12 bits per heavy atom. The Kier molecular flexibility index (Phi) is 6.22. The van der Waals surface area contributed by atoms with Crippen LogP contribution in [0.25, 0.3) is 0 Å². The summed E-state index contributed by atoms with van der Waals surface area (Å²) in [4.78, 5) is 13.6. The fourth-order valence-electron chi connectivity index (χ4n) is 1.68. The Labute approximate surface area is 111 Å². The molecule has 0 saturated heterocycles.